The fraction of sp³-hybridized carbons (Fsp3) is 0.235. The molecule has 0 saturated carbocycles. The Morgan fingerprint density at radius 2 is 1.70 bits per heavy atom. The fourth-order valence-corrected chi connectivity index (χ4v) is 3.47. The van der Waals surface area contributed by atoms with Crippen molar-refractivity contribution in [2.24, 2.45) is 5.14 Å². The number of halogens is 1. The van der Waals surface area contributed by atoms with E-state index in [1.807, 2.05) is 6.07 Å². The van der Waals surface area contributed by atoms with E-state index >= 15 is 0 Å². The molecule has 6 heteroatoms. The summed E-state index contributed by atoms with van der Waals surface area (Å²) in [6.07, 6.45) is 4.37. The van der Waals surface area contributed by atoms with Crippen LogP contribution in [0.25, 0.3) is 11.1 Å². The summed E-state index contributed by atoms with van der Waals surface area (Å²) in [6, 6.07) is 8.37. The Morgan fingerprint density at radius 3 is 2.26 bits per heavy atom. The first-order chi connectivity index (χ1) is 10.9. The molecule has 1 aromatic heterocycles. The quantitative estimate of drug-likeness (QED) is 0.877. The first kappa shape index (κ1) is 15.8. The van der Waals surface area contributed by atoms with Crippen LogP contribution >= 0.6 is 0 Å². The normalized spacial score (nSPS) is 15.3. The maximum atomic E-state index is 13.4. The molecule has 1 aliphatic rings. The Balaban J connectivity index is 2.04. The van der Waals surface area contributed by atoms with Gasteiger partial charge in [-0.15, -0.1) is 0 Å². The maximum Gasteiger partial charge on any atom is 0.238 e. The van der Waals surface area contributed by atoms with Crippen LogP contribution in [0.4, 0.5) is 4.39 Å². The molecule has 0 spiro atoms. The van der Waals surface area contributed by atoms with Gasteiger partial charge in [-0.1, -0.05) is 12.1 Å². The van der Waals surface area contributed by atoms with Gasteiger partial charge in [-0.2, -0.15) is 4.39 Å². The minimum Gasteiger partial charge on any atom is -0.227 e. The molecule has 0 bridgehead atoms. The van der Waals surface area contributed by atoms with Crippen molar-refractivity contribution in [2.75, 3.05) is 0 Å². The van der Waals surface area contributed by atoms with E-state index in [1.165, 1.54) is 12.1 Å². The van der Waals surface area contributed by atoms with Crippen molar-refractivity contribution >= 4 is 21.2 Å². The molecule has 1 aromatic carbocycles. The highest BCUT2D eigenvalue weighted by molar-refractivity contribution is 7.89. The van der Waals surface area contributed by atoms with Crippen LogP contribution < -0.4 is 5.14 Å². The van der Waals surface area contributed by atoms with Crippen LogP contribution in [0.1, 0.15) is 36.0 Å². The van der Waals surface area contributed by atoms with Crippen LogP contribution in [0.2, 0.25) is 0 Å². The third-order valence-electron chi connectivity index (χ3n) is 4.11. The average Bonchev–Trinajstić information content (AvgIpc) is 2.99. The summed E-state index contributed by atoms with van der Waals surface area (Å²) in [4.78, 5) is 3.90. The average molecular weight is 332 g/mol. The number of rotatable bonds is 3. The second kappa shape index (κ2) is 5.86. The van der Waals surface area contributed by atoms with Gasteiger partial charge < -0.3 is 0 Å². The summed E-state index contributed by atoms with van der Waals surface area (Å²) in [5, 5.41) is 5.13. The van der Waals surface area contributed by atoms with Crippen molar-refractivity contribution in [1.82, 2.24) is 4.98 Å². The summed E-state index contributed by atoms with van der Waals surface area (Å²) in [6.45, 7) is 1.70. The molecule has 0 radical (unpaired) electrons. The maximum absolute atomic E-state index is 13.4. The third-order valence-corrected chi connectivity index (χ3v) is 5.04. The predicted octanol–water partition coefficient (Wildman–Crippen LogP) is 3.27. The number of pyridine rings is 1. The standard InChI is InChI=1S/C17H17FN2O2S/c1-11-9-13(10-20-17(11)18)16-4-2-3-15(16)12-5-7-14(8-6-12)23(19,21)22/h5-10H,2-4H2,1H3,(H2,19,21,22). The molecule has 2 N–H and O–H groups in total. The lowest BCUT2D eigenvalue weighted by Gasteiger charge is -2.10. The van der Waals surface area contributed by atoms with E-state index in [9.17, 15) is 12.8 Å². The van der Waals surface area contributed by atoms with E-state index in [0.29, 0.717) is 5.56 Å². The summed E-state index contributed by atoms with van der Waals surface area (Å²) in [7, 11) is -3.69. The van der Waals surface area contributed by atoms with Gasteiger partial charge in [0.25, 0.3) is 0 Å². The summed E-state index contributed by atoms with van der Waals surface area (Å²) >= 11 is 0. The predicted molar refractivity (Wildman–Crippen MR) is 87.4 cm³/mol. The number of benzene rings is 1. The Bertz CT molecular complexity index is 887. The number of hydrogen-bond acceptors (Lipinski definition) is 3. The largest absolute Gasteiger partial charge is 0.238 e. The van der Waals surface area contributed by atoms with Gasteiger partial charge in [0.2, 0.25) is 16.0 Å². The number of nitrogens with two attached hydrogens (primary N) is 1. The zero-order valence-electron chi connectivity index (χ0n) is 12.7. The Morgan fingerprint density at radius 1 is 1.09 bits per heavy atom. The van der Waals surface area contributed by atoms with Crippen molar-refractivity contribution < 1.29 is 12.8 Å². The molecule has 0 saturated heterocycles. The van der Waals surface area contributed by atoms with Gasteiger partial charge in [0.1, 0.15) is 0 Å². The van der Waals surface area contributed by atoms with Crippen molar-refractivity contribution in [3.63, 3.8) is 0 Å². The number of nitrogens with zero attached hydrogens (tertiary/aromatic N) is 1. The van der Waals surface area contributed by atoms with Crippen molar-refractivity contribution in [1.29, 1.82) is 0 Å². The van der Waals surface area contributed by atoms with Gasteiger partial charge in [0, 0.05) is 11.8 Å². The molecular weight excluding hydrogens is 315 g/mol. The highest BCUT2D eigenvalue weighted by atomic mass is 32.2. The Labute approximate surface area is 134 Å². The SMILES string of the molecule is Cc1cc(C2=C(c3ccc(S(N)(=O)=O)cc3)CCC2)cnc1F. The number of sulfonamides is 1. The van der Waals surface area contributed by atoms with Gasteiger partial charge in [-0.25, -0.2) is 18.5 Å². The minimum absolute atomic E-state index is 0.0979. The highest BCUT2D eigenvalue weighted by Gasteiger charge is 2.19. The molecule has 0 fully saturated rings. The molecule has 3 rings (SSSR count). The first-order valence-corrected chi connectivity index (χ1v) is 8.88. The van der Waals surface area contributed by atoms with E-state index in [1.54, 1.807) is 25.3 Å². The van der Waals surface area contributed by atoms with Gasteiger partial charge in [-0.3, -0.25) is 0 Å². The lowest BCUT2D eigenvalue weighted by Crippen LogP contribution is -2.11. The van der Waals surface area contributed by atoms with Crippen LogP contribution in [0, 0.1) is 12.9 Å². The molecule has 4 nitrogen and oxygen atoms in total. The van der Waals surface area contributed by atoms with Crippen LogP contribution in [0.5, 0.6) is 0 Å². The van der Waals surface area contributed by atoms with Gasteiger partial charge in [0.15, 0.2) is 0 Å². The van der Waals surface area contributed by atoms with Crippen molar-refractivity contribution in [3.8, 4) is 0 Å². The van der Waals surface area contributed by atoms with E-state index in [-0.39, 0.29) is 4.90 Å². The molecule has 1 aliphatic carbocycles. The van der Waals surface area contributed by atoms with E-state index < -0.39 is 16.0 Å². The van der Waals surface area contributed by atoms with Crippen LogP contribution in [0.15, 0.2) is 41.4 Å². The van der Waals surface area contributed by atoms with Crippen molar-refractivity contribution in [2.45, 2.75) is 31.1 Å². The Hall–Kier alpha value is -2.05. The molecule has 1 heterocycles. The zero-order chi connectivity index (χ0) is 16.6. The molecule has 120 valence electrons. The Kier molecular flexibility index (Phi) is 4.04. The van der Waals surface area contributed by atoms with Gasteiger partial charge in [-0.05, 0) is 66.7 Å². The van der Waals surface area contributed by atoms with Crippen molar-refractivity contribution in [3.05, 3.63) is 59.2 Å². The molecule has 0 unspecified atom stereocenters. The smallest absolute Gasteiger partial charge is 0.227 e. The van der Waals surface area contributed by atoms with E-state index in [4.69, 9.17) is 5.14 Å². The number of aryl methyl sites for hydroxylation is 1. The minimum atomic E-state index is -3.69. The molecule has 0 aliphatic heterocycles. The second-order valence-electron chi connectivity index (χ2n) is 5.71. The van der Waals surface area contributed by atoms with Gasteiger partial charge in [0.05, 0.1) is 4.90 Å². The van der Waals surface area contributed by atoms with Crippen LogP contribution in [-0.4, -0.2) is 13.4 Å². The first-order valence-electron chi connectivity index (χ1n) is 7.34. The fourth-order valence-electron chi connectivity index (χ4n) is 2.95. The molecule has 0 amide bonds. The highest BCUT2D eigenvalue weighted by Crippen LogP contribution is 2.39. The van der Waals surface area contributed by atoms with E-state index in [2.05, 4.69) is 4.98 Å². The number of allylic oxidation sites excluding steroid dienone is 2. The number of aromatic nitrogens is 1. The van der Waals surface area contributed by atoms with Crippen LogP contribution in [0.3, 0.4) is 0 Å². The third kappa shape index (κ3) is 3.18. The number of hydrogen-bond donors (Lipinski definition) is 1. The molecular formula is C17H17FN2O2S. The van der Waals surface area contributed by atoms with E-state index in [0.717, 1.165) is 41.5 Å². The second-order valence-corrected chi connectivity index (χ2v) is 7.27. The summed E-state index contributed by atoms with van der Waals surface area (Å²) in [5.74, 6) is -0.452. The van der Waals surface area contributed by atoms with Gasteiger partial charge >= 0.3 is 0 Å². The summed E-state index contributed by atoms with van der Waals surface area (Å²) in [5.41, 5.74) is 4.70. The molecule has 2 aromatic rings. The lowest BCUT2D eigenvalue weighted by molar-refractivity contribution is 0.574. The number of primary sulfonamides is 1. The topological polar surface area (TPSA) is 73.1 Å². The molecule has 0 atom stereocenters. The lowest BCUT2D eigenvalue weighted by atomic mass is 9.97. The summed E-state index contributed by atoms with van der Waals surface area (Å²) < 4.78 is 36.1. The molecule has 23 heavy (non-hydrogen) atoms. The monoisotopic (exact) mass is 332 g/mol. The van der Waals surface area contributed by atoms with Crippen LogP contribution in [-0.2, 0) is 10.0 Å². The zero-order valence-corrected chi connectivity index (χ0v) is 13.5.